The summed E-state index contributed by atoms with van der Waals surface area (Å²) < 4.78 is 62.3. The minimum Gasteiger partial charge on any atom is -0.444 e. The summed E-state index contributed by atoms with van der Waals surface area (Å²) in [7, 11) is 1.85. The second-order valence-corrected chi connectivity index (χ2v) is 17.3. The van der Waals surface area contributed by atoms with E-state index in [1.165, 1.54) is 29.7 Å². The van der Waals surface area contributed by atoms with Crippen LogP contribution in [0.15, 0.2) is 35.6 Å². The topological polar surface area (TPSA) is 153 Å². The van der Waals surface area contributed by atoms with E-state index in [1.54, 1.807) is 39.2 Å². The van der Waals surface area contributed by atoms with Crippen LogP contribution in [-0.2, 0) is 57.2 Å². The van der Waals surface area contributed by atoms with Gasteiger partial charge in [-0.2, -0.15) is 13.2 Å². The number of thioether (sulfide) groups is 1. The van der Waals surface area contributed by atoms with Crippen molar-refractivity contribution in [3.63, 3.8) is 0 Å². The number of alkyl halides is 3. The largest absolute Gasteiger partial charge is 0.444 e. The Morgan fingerprint density at radius 2 is 1.93 bits per heavy atom. The highest BCUT2D eigenvalue weighted by Gasteiger charge is 2.44. The third kappa shape index (κ3) is 10.4. The van der Waals surface area contributed by atoms with E-state index in [0.29, 0.717) is 48.4 Å². The number of anilines is 1. The number of nitrogens with one attached hydrogen (secondary N) is 2. The van der Waals surface area contributed by atoms with Crippen LogP contribution in [0.3, 0.4) is 0 Å². The van der Waals surface area contributed by atoms with Gasteiger partial charge in [0, 0.05) is 43.3 Å². The second-order valence-electron chi connectivity index (χ2n) is 16.2. The van der Waals surface area contributed by atoms with Crippen molar-refractivity contribution in [1.29, 1.82) is 0 Å². The van der Waals surface area contributed by atoms with E-state index in [0.717, 1.165) is 37.3 Å². The SMILES string of the molecule is C[C@H]1CCCN(Cc2cc3c(c(C(F)(F)F)c2)CN(c2cc(C4(Cc5nncn5C)COC4)cc(SCCOCNC(=O)[C@H](C)NC(=O)OC(C)(C)C)n2)C3=O)C1. The van der Waals surface area contributed by atoms with E-state index in [2.05, 4.69) is 32.7 Å². The fourth-order valence-corrected chi connectivity index (χ4v) is 8.07. The number of pyridine rings is 1. The van der Waals surface area contributed by atoms with Crippen molar-refractivity contribution in [2.24, 2.45) is 13.0 Å². The minimum absolute atomic E-state index is 0.0399. The predicted molar refractivity (Wildman–Crippen MR) is 206 cm³/mol. The molecule has 2 fully saturated rings. The number of carbonyl (C=O) groups excluding carboxylic acids is 3. The molecule has 18 heteroatoms. The molecule has 14 nitrogen and oxygen atoms in total. The van der Waals surface area contributed by atoms with Crippen LogP contribution < -0.4 is 15.5 Å². The quantitative estimate of drug-likeness (QED) is 0.125. The summed E-state index contributed by atoms with van der Waals surface area (Å²) in [5.41, 5.74) is -0.794. The first-order valence-corrected chi connectivity index (χ1v) is 20.1. The van der Waals surface area contributed by atoms with Crippen molar-refractivity contribution < 1.29 is 41.8 Å². The molecule has 3 aliphatic rings. The van der Waals surface area contributed by atoms with Crippen LogP contribution in [0.2, 0.25) is 0 Å². The highest BCUT2D eigenvalue weighted by atomic mass is 32.2. The van der Waals surface area contributed by atoms with Crippen molar-refractivity contribution in [2.75, 3.05) is 50.3 Å². The van der Waals surface area contributed by atoms with Crippen LogP contribution in [0.25, 0.3) is 0 Å². The van der Waals surface area contributed by atoms with Crippen molar-refractivity contribution in [3.05, 3.63) is 64.2 Å². The van der Waals surface area contributed by atoms with Crippen molar-refractivity contribution in [1.82, 2.24) is 35.3 Å². The Labute approximate surface area is 334 Å². The zero-order valence-corrected chi connectivity index (χ0v) is 34.0. The number of hydrogen-bond donors (Lipinski definition) is 2. The number of nitrogens with zero attached hydrogens (tertiary/aromatic N) is 6. The van der Waals surface area contributed by atoms with E-state index < -0.39 is 46.7 Å². The molecule has 6 rings (SSSR count). The van der Waals surface area contributed by atoms with Crippen LogP contribution in [-0.4, -0.2) is 99.6 Å². The highest BCUT2D eigenvalue weighted by molar-refractivity contribution is 7.99. The molecule has 2 atom stereocenters. The number of halogens is 3. The number of amides is 3. The molecule has 0 saturated carbocycles. The second kappa shape index (κ2) is 17.3. The summed E-state index contributed by atoms with van der Waals surface area (Å²) >= 11 is 1.34. The summed E-state index contributed by atoms with van der Waals surface area (Å²) in [6.07, 6.45) is -1.21. The van der Waals surface area contributed by atoms with Gasteiger partial charge in [0.2, 0.25) is 5.91 Å². The maximum absolute atomic E-state index is 14.6. The summed E-state index contributed by atoms with van der Waals surface area (Å²) in [6.45, 7) is 11.3. The Morgan fingerprint density at radius 1 is 1.16 bits per heavy atom. The van der Waals surface area contributed by atoms with Gasteiger partial charge in [-0.15, -0.1) is 22.0 Å². The smallest absolute Gasteiger partial charge is 0.416 e. The predicted octanol–water partition coefficient (Wildman–Crippen LogP) is 5.23. The molecule has 0 bridgehead atoms. The number of likely N-dealkylation sites (tertiary alicyclic amines) is 1. The minimum atomic E-state index is -4.66. The molecule has 0 unspecified atom stereocenters. The van der Waals surface area contributed by atoms with Gasteiger partial charge in [0.1, 0.15) is 36.3 Å². The molecule has 57 heavy (non-hydrogen) atoms. The number of rotatable bonds is 14. The fourth-order valence-electron chi connectivity index (χ4n) is 7.29. The number of aromatic nitrogens is 4. The molecule has 310 valence electrons. The van der Waals surface area contributed by atoms with Crippen LogP contribution in [0.5, 0.6) is 0 Å². The Hall–Kier alpha value is -4.26. The van der Waals surface area contributed by atoms with E-state index in [4.69, 9.17) is 19.2 Å². The Morgan fingerprint density at radius 3 is 2.58 bits per heavy atom. The summed E-state index contributed by atoms with van der Waals surface area (Å²) in [6, 6.07) is 5.64. The van der Waals surface area contributed by atoms with Gasteiger partial charge in [-0.1, -0.05) is 6.92 Å². The molecule has 0 spiro atoms. The van der Waals surface area contributed by atoms with Gasteiger partial charge < -0.3 is 29.4 Å². The Bertz CT molecular complexity index is 1950. The summed E-state index contributed by atoms with van der Waals surface area (Å²) in [5.74, 6) is 0.821. The zero-order chi connectivity index (χ0) is 41.1. The van der Waals surface area contributed by atoms with Crippen LogP contribution in [0.4, 0.5) is 23.8 Å². The molecule has 5 heterocycles. The van der Waals surface area contributed by atoms with Crippen molar-refractivity contribution in [2.45, 2.75) is 95.2 Å². The molecule has 2 N–H and O–H groups in total. The van der Waals surface area contributed by atoms with Crippen LogP contribution in [0, 0.1) is 5.92 Å². The number of fused-ring (bicyclic) bond motifs is 1. The molecular weight excluding hydrogens is 766 g/mol. The van der Waals surface area contributed by atoms with Crippen molar-refractivity contribution >= 4 is 35.5 Å². The Balaban J connectivity index is 1.19. The van der Waals surface area contributed by atoms with E-state index >= 15 is 0 Å². The van der Waals surface area contributed by atoms with Gasteiger partial charge in [0.05, 0.1) is 37.0 Å². The molecule has 3 aliphatic heterocycles. The van der Waals surface area contributed by atoms with E-state index in [9.17, 15) is 27.6 Å². The lowest BCUT2D eigenvalue weighted by Gasteiger charge is -2.42. The molecule has 0 aliphatic carbocycles. The van der Waals surface area contributed by atoms with Crippen LogP contribution >= 0.6 is 11.8 Å². The van der Waals surface area contributed by atoms with Gasteiger partial charge in [-0.25, -0.2) is 9.78 Å². The molecule has 0 radical (unpaired) electrons. The number of benzene rings is 1. The van der Waals surface area contributed by atoms with Gasteiger partial charge in [-0.3, -0.25) is 19.4 Å². The fraction of sp³-hybridized carbons (Fsp3) is 0.590. The van der Waals surface area contributed by atoms with Gasteiger partial charge >= 0.3 is 12.3 Å². The lowest BCUT2D eigenvalue weighted by Crippen LogP contribution is -2.49. The number of carbonyl (C=O) groups is 3. The van der Waals surface area contributed by atoms with E-state index in [-0.39, 0.29) is 36.8 Å². The lowest BCUT2D eigenvalue weighted by atomic mass is 9.76. The lowest BCUT2D eigenvalue weighted by molar-refractivity contribution is -0.138. The maximum Gasteiger partial charge on any atom is 0.416 e. The third-order valence-electron chi connectivity index (χ3n) is 10.2. The molecule has 3 amide bonds. The first-order chi connectivity index (χ1) is 26.9. The van der Waals surface area contributed by atoms with Gasteiger partial charge in [0.25, 0.3) is 5.91 Å². The monoisotopic (exact) mass is 816 g/mol. The zero-order valence-electron chi connectivity index (χ0n) is 33.2. The van der Waals surface area contributed by atoms with Gasteiger partial charge in [-0.05, 0) is 94.0 Å². The summed E-state index contributed by atoms with van der Waals surface area (Å²) in [5, 5.41) is 13.9. The first kappa shape index (κ1) is 42.3. The third-order valence-corrected chi connectivity index (χ3v) is 11.1. The maximum atomic E-state index is 14.6. The van der Waals surface area contributed by atoms with Crippen LogP contribution in [0.1, 0.15) is 85.9 Å². The number of alkyl carbamates (subject to hydrolysis) is 1. The molecule has 2 aromatic heterocycles. The van der Waals surface area contributed by atoms with E-state index in [1.807, 2.05) is 17.7 Å². The average molecular weight is 817 g/mol. The van der Waals surface area contributed by atoms with Gasteiger partial charge in [0.15, 0.2) is 0 Å². The average Bonchev–Trinajstić information content (AvgIpc) is 3.67. The normalized spacial score (nSPS) is 18.9. The highest BCUT2D eigenvalue weighted by Crippen LogP contribution is 2.42. The molecule has 1 aromatic carbocycles. The summed E-state index contributed by atoms with van der Waals surface area (Å²) in [4.78, 5) is 46.9. The number of hydrogen-bond acceptors (Lipinski definition) is 11. The number of aryl methyl sites for hydroxylation is 1. The first-order valence-electron chi connectivity index (χ1n) is 19.1. The number of piperidine rings is 1. The van der Waals surface area contributed by atoms with Crippen molar-refractivity contribution in [3.8, 4) is 0 Å². The molecule has 3 aromatic rings. The Kier molecular flexibility index (Phi) is 12.9. The number of ether oxygens (including phenoxy) is 3. The standard InChI is InChI=1S/C39H51F3N8O6S/c1-24-8-7-9-49(17-24)18-26-12-28-29(30(13-26)39(40,41)42)19-50(35(28)52)31-14-27(38(20-55-21-38)16-32-47-44-22-48(32)6)15-33(46-31)57-11-10-54-23-43-34(51)25(2)45-36(53)56-37(3,4)5/h12-15,22,24-25H,7-11,16-21,23H2,1-6H3,(H,43,51)(H,45,53)/t24-,25-/m0/s1. The molecular formula is C39H51F3N8O6S. The molecule has 2 saturated heterocycles.